The third kappa shape index (κ3) is 3.24. The van der Waals surface area contributed by atoms with E-state index in [2.05, 4.69) is 22.2 Å². The van der Waals surface area contributed by atoms with Crippen LogP contribution in [0.15, 0.2) is 36.7 Å². The summed E-state index contributed by atoms with van der Waals surface area (Å²) >= 11 is 0. The van der Waals surface area contributed by atoms with Crippen molar-refractivity contribution < 1.29 is 4.74 Å². The Hall–Kier alpha value is -2.14. The van der Waals surface area contributed by atoms with E-state index >= 15 is 0 Å². The number of hydrogen-bond acceptors (Lipinski definition) is 5. The monoisotopic (exact) mass is 272 g/mol. The van der Waals surface area contributed by atoms with E-state index in [9.17, 15) is 0 Å². The molecule has 2 aromatic rings. The molecule has 0 aliphatic rings. The molecular formula is C15H20N4O. The van der Waals surface area contributed by atoms with Gasteiger partial charge in [0.1, 0.15) is 5.75 Å². The summed E-state index contributed by atoms with van der Waals surface area (Å²) in [6.07, 6.45) is 3.53. The van der Waals surface area contributed by atoms with E-state index in [-0.39, 0.29) is 0 Å². The molecule has 1 aromatic heterocycles. The van der Waals surface area contributed by atoms with Crippen molar-refractivity contribution in [3.63, 3.8) is 0 Å². The van der Waals surface area contributed by atoms with Gasteiger partial charge in [0.15, 0.2) is 5.82 Å². The van der Waals surface area contributed by atoms with Gasteiger partial charge in [0.2, 0.25) is 0 Å². The molecule has 1 aromatic carbocycles. The summed E-state index contributed by atoms with van der Waals surface area (Å²) in [5, 5.41) is 3.25. The third-order valence-corrected chi connectivity index (χ3v) is 3.02. The average molecular weight is 272 g/mol. The van der Waals surface area contributed by atoms with Crippen molar-refractivity contribution in [2.75, 3.05) is 25.6 Å². The van der Waals surface area contributed by atoms with Crippen molar-refractivity contribution in [1.82, 2.24) is 15.3 Å². The molecule has 0 aliphatic heterocycles. The van der Waals surface area contributed by atoms with Gasteiger partial charge in [-0.15, -0.1) is 0 Å². The van der Waals surface area contributed by atoms with Crippen LogP contribution in [0, 0.1) is 0 Å². The first-order valence-corrected chi connectivity index (χ1v) is 6.64. The number of methoxy groups -OCH3 is 1. The van der Waals surface area contributed by atoms with E-state index in [4.69, 9.17) is 4.74 Å². The SMILES string of the molecule is CCNCc1cncc(N(C)c2ccccc2OC)n1. The number of ether oxygens (including phenoxy) is 1. The second-order valence-electron chi connectivity index (χ2n) is 4.38. The van der Waals surface area contributed by atoms with Crippen LogP contribution in [0.5, 0.6) is 5.75 Å². The average Bonchev–Trinajstić information content (AvgIpc) is 2.52. The van der Waals surface area contributed by atoms with E-state index in [0.29, 0.717) is 0 Å². The summed E-state index contributed by atoms with van der Waals surface area (Å²) in [5.41, 5.74) is 1.89. The van der Waals surface area contributed by atoms with Gasteiger partial charge in [-0.2, -0.15) is 0 Å². The Labute approximate surface area is 119 Å². The Morgan fingerprint density at radius 1 is 1.25 bits per heavy atom. The summed E-state index contributed by atoms with van der Waals surface area (Å²) in [6.45, 7) is 3.70. The molecule has 0 aliphatic carbocycles. The smallest absolute Gasteiger partial charge is 0.151 e. The molecule has 0 spiro atoms. The number of nitrogens with one attached hydrogen (secondary N) is 1. The number of hydrogen-bond donors (Lipinski definition) is 1. The highest BCUT2D eigenvalue weighted by molar-refractivity contribution is 5.65. The molecule has 5 nitrogen and oxygen atoms in total. The second kappa shape index (κ2) is 6.86. The number of aromatic nitrogens is 2. The fraction of sp³-hybridized carbons (Fsp3) is 0.333. The van der Waals surface area contributed by atoms with Gasteiger partial charge in [0, 0.05) is 19.8 Å². The molecule has 1 heterocycles. The van der Waals surface area contributed by atoms with E-state index in [1.807, 2.05) is 36.2 Å². The van der Waals surface area contributed by atoms with Crippen LogP contribution in [0.4, 0.5) is 11.5 Å². The lowest BCUT2D eigenvalue weighted by atomic mass is 10.2. The predicted molar refractivity (Wildman–Crippen MR) is 80.5 cm³/mol. The lowest BCUT2D eigenvalue weighted by Gasteiger charge is -2.20. The van der Waals surface area contributed by atoms with Gasteiger partial charge in [-0.25, -0.2) is 4.98 Å². The number of anilines is 2. The van der Waals surface area contributed by atoms with Gasteiger partial charge < -0.3 is 15.0 Å². The quantitative estimate of drug-likeness (QED) is 0.875. The van der Waals surface area contributed by atoms with Gasteiger partial charge >= 0.3 is 0 Å². The summed E-state index contributed by atoms with van der Waals surface area (Å²) in [6, 6.07) is 7.85. The van der Waals surface area contributed by atoms with Crippen molar-refractivity contribution in [2.45, 2.75) is 13.5 Å². The molecule has 5 heteroatoms. The Kier molecular flexibility index (Phi) is 4.90. The van der Waals surface area contributed by atoms with Crippen LogP contribution in [0.1, 0.15) is 12.6 Å². The second-order valence-corrected chi connectivity index (χ2v) is 4.38. The molecule has 106 valence electrons. The van der Waals surface area contributed by atoms with Crippen LogP contribution in [0.25, 0.3) is 0 Å². The minimum atomic E-state index is 0.719. The number of nitrogens with zero attached hydrogens (tertiary/aromatic N) is 3. The van der Waals surface area contributed by atoms with Crippen LogP contribution in [0.2, 0.25) is 0 Å². The first kappa shape index (κ1) is 14.3. The lowest BCUT2D eigenvalue weighted by Crippen LogP contribution is -2.16. The first-order chi connectivity index (χ1) is 9.76. The number of rotatable bonds is 6. The fourth-order valence-corrected chi connectivity index (χ4v) is 1.92. The Balaban J connectivity index is 2.26. The van der Waals surface area contributed by atoms with Crippen molar-refractivity contribution >= 4 is 11.5 Å². The molecule has 2 rings (SSSR count). The minimum absolute atomic E-state index is 0.719. The van der Waals surface area contributed by atoms with Gasteiger partial charge in [-0.05, 0) is 18.7 Å². The van der Waals surface area contributed by atoms with Crippen molar-refractivity contribution in [3.05, 3.63) is 42.4 Å². The summed E-state index contributed by atoms with van der Waals surface area (Å²) < 4.78 is 5.38. The van der Waals surface area contributed by atoms with Gasteiger partial charge in [0.05, 0.1) is 24.7 Å². The zero-order valence-corrected chi connectivity index (χ0v) is 12.1. The molecule has 1 N–H and O–H groups in total. The zero-order chi connectivity index (χ0) is 14.4. The van der Waals surface area contributed by atoms with E-state index in [0.717, 1.165) is 36.0 Å². The van der Waals surface area contributed by atoms with E-state index < -0.39 is 0 Å². The van der Waals surface area contributed by atoms with Crippen LogP contribution < -0.4 is 15.0 Å². The van der Waals surface area contributed by atoms with E-state index in [1.54, 1.807) is 19.5 Å². The van der Waals surface area contributed by atoms with Crippen molar-refractivity contribution in [1.29, 1.82) is 0 Å². The minimum Gasteiger partial charge on any atom is -0.495 e. The van der Waals surface area contributed by atoms with Crippen molar-refractivity contribution in [2.24, 2.45) is 0 Å². The Bertz CT molecular complexity index is 559. The van der Waals surface area contributed by atoms with Crippen LogP contribution >= 0.6 is 0 Å². The highest BCUT2D eigenvalue weighted by atomic mass is 16.5. The molecule has 0 saturated heterocycles. The van der Waals surface area contributed by atoms with Gasteiger partial charge in [-0.1, -0.05) is 19.1 Å². The molecular weight excluding hydrogens is 252 g/mol. The Morgan fingerprint density at radius 2 is 2.05 bits per heavy atom. The fourth-order valence-electron chi connectivity index (χ4n) is 1.92. The van der Waals surface area contributed by atoms with Gasteiger partial charge in [0.25, 0.3) is 0 Å². The van der Waals surface area contributed by atoms with Crippen LogP contribution in [0.3, 0.4) is 0 Å². The summed E-state index contributed by atoms with van der Waals surface area (Å²) in [4.78, 5) is 10.8. The number of para-hydroxylation sites is 2. The normalized spacial score (nSPS) is 10.3. The largest absolute Gasteiger partial charge is 0.495 e. The molecule has 0 amide bonds. The zero-order valence-electron chi connectivity index (χ0n) is 12.1. The van der Waals surface area contributed by atoms with Crippen molar-refractivity contribution in [3.8, 4) is 5.75 Å². The maximum Gasteiger partial charge on any atom is 0.151 e. The topological polar surface area (TPSA) is 50.3 Å². The summed E-state index contributed by atoms with van der Waals surface area (Å²) in [5.74, 6) is 1.61. The summed E-state index contributed by atoms with van der Waals surface area (Å²) in [7, 11) is 3.62. The van der Waals surface area contributed by atoms with Gasteiger partial charge in [-0.3, -0.25) is 4.98 Å². The Morgan fingerprint density at radius 3 is 2.80 bits per heavy atom. The molecule has 0 unspecified atom stereocenters. The molecule has 0 saturated carbocycles. The standard InChI is InChI=1S/C15H20N4O/c1-4-16-9-12-10-17-11-15(18-12)19(2)13-7-5-6-8-14(13)20-3/h5-8,10-11,16H,4,9H2,1-3H3. The van der Waals surface area contributed by atoms with Crippen LogP contribution in [-0.4, -0.2) is 30.7 Å². The predicted octanol–water partition coefficient (Wildman–Crippen LogP) is 2.36. The lowest BCUT2D eigenvalue weighted by molar-refractivity contribution is 0.415. The molecule has 20 heavy (non-hydrogen) atoms. The molecule has 0 fully saturated rings. The maximum atomic E-state index is 5.38. The molecule has 0 radical (unpaired) electrons. The molecule has 0 bridgehead atoms. The molecule has 0 atom stereocenters. The number of benzene rings is 1. The third-order valence-electron chi connectivity index (χ3n) is 3.02. The maximum absolute atomic E-state index is 5.38. The first-order valence-electron chi connectivity index (χ1n) is 6.64. The highest BCUT2D eigenvalue weighted by Crippen LogP contribution is 2.30. The van der Waals surface area contributed by atoms with Crippen LogP contribution in [-0.2, 0) is 6.54 Å². The highest BCUT2D eigenvalue weighted by Gasteiger charge is 2.11. The van der Waals surface area contributed by atoms with E-state index in [1.165, 1.54) is 0 Å².